The van der Waals surface area contributed by atoms with E-state index in [4.69, 9.17) is 9.47 Å². The van der Waals surface area contributed by atoms with Crippen LogP contribution in [0.4, 0.5) is 17.3 Å². The highest BCUT2D eigenvalue weighted by atomic mass is 16.5. The first-order valence-electron chi connectivity index (χ1n) is 8.31. The zero-order chi connectivity index (χ0) is 17.6. The molecule has 1 aromatic carbocycles. The highest BCUT2D eigenvalue weighted by Gasteiger charge is 2.16. The molecular weight excluding hydrogens is 320 g/mol. The largest absolute Gasteiger partial charge is 0.465 e. The molecule has 1 fully saturated rings. The van der Waals surface area contributed by atoms with Gasteiger partial charge in [-0.1, -0.05) is 12.1 Å². The smallest absolute Gasteiger partial charge is 0.339 e. The second kappa shape index (κ2) is 7.94. The molecule has 2 heterocycles. The maximum Gasteiger partial charge on any atom is 0.339 e. The van der Waals surface area contributed by atoms with Crippen molar-refractivity contribution in [3.8, 4) is 0 Å². The molecule has 0 amide bonds. The van der Waals surface area contributed by atoms with Gasteiger partial charge in [-0.05, 0) is 31.9 Å². The average Bonchev–Trinajstić information content (AvgIpc) is 3.13. The van der Waals surface area contributed by atoms with Gasteiger partial charge in [-0.3, -0.25) is 0 Å². The Hall–Kier alpha value is -2.67. The lowest BCUT2D eigenvalue weighted by atomic mass is 10.2. The van der Waals surface area contributed by atoms with Crippen LogP contribution in [-0.4, -0.2) is 42.3 Å². The van der Waals surface area contributed by atoms with Crippen molar-refractivity contribution < 1.29 is 14.3 Å². The van der Waals surface area contributed by atoms with E-state index in [-0.39, 0.29) is 6.10 Å². The van der Waals surface area contributed by atoms with Crippen LogP contribution in [0.3, 0.4) is 0 Å². The lowest BCUT2D eigenvalue weighted by molar-refractivity contribution is 0.0602. The Kier molecular flexibility index (Phi) is 5.45. The molecular formula is C18H22N4O3. The Bertz CT molecular complexity index is 745. The number of benzene rings is 1. The van der Waals surface area contributed by atoms with E-state index >= 15 is 0 Å². The average molecular weight is 342 g/mol. The summed E-state index contributed by atoms with van der Waals surface area (Å²) in [5.41, 5.74) is 1.09. The summed E-state index contributed by atoms with van der Waals surface area (Å²) in [7, 11) is 1.36. The Morgan fingerprint density at radius 1 is 1.32 bits per heavy atom. The Balaban J connectivity index is 1.75. The maximum atomic E-state index is 11.9. The van der Waals surface area contributed by atoms with E-state index in [1.54, 1.807) is 12.1 Å². The summed E-state index contributed by atoms with van der Waals surface area (Å²) >= 11 is 0. The molecule has 1 aromatic heterocycles. The van der Waals surface area contributed by atoms with Crippen LogP contribution in [-0.2, 0) is 9.47 Å². The molecule has 7 nitrogen and oxygen atoms in total. The molecule has 0 saturated carbocycles. The fourth-order valence-electron chi connectivity index (χ4n) is 2.76. The second-order valence-corrected chi connectivity index (χ2v) is 5.86. The zero-order valence-corrected chi connectivity index (χ0v) is 14.4. The van der Waals surface area contributed by atoms with Crippen LogP contribution >= 0.6 is 0 Å². The minimum atomic E-state index is -0.398. The quantitative estimate of drug-likeness (QED) is 0.781. The summed E-state index contributed by atoms with van der Waals surface area (Å²) in [6, 6.07) is 8.97. The van der Waals surface area contributed by atoms with Gasteiger partial charge in [0.25, 0.3) is 0 Å². The molecule has 2 aromatic rings. The van der Waals surface area contributed by atoms with Gasteiger partial charge < -0.3 is 20.1 Å². The fourth-order valence-corrected chi connectivity index (χ4v) is 2.76. The highest BCUT2D eigenvalue weighted by molar-refractivity contribution is 5.96. The number of carbonyl (C=O) groups is 1. The lowest BCUT2D eigenvalue weighted by Crippen LogP contribution is -2.19. The highest BCUT2D eigenvalue weighted by Crippen LogP contribution is 2.22. The van der Waals surface area contributed by atoms with Crippen molar-refractivity contribution in [1.29, 1.82) is 0 Å². The van der Waals surface area contributed by atoms with Crippen LogP contribution in [0.15, 0.2) is 30.3 Å². The third kappa shape index (κ3) is 4.45. The molecule has 1 aliphatic heterocycles. The van der Waals surface area contributed by atoms with Gasteiger partial charge in [-0.2, -0.15) is 0 Å². The van der Waals surface area contributed by atoms with Crippen LogP contribution in [0.25, 0.3) is 0 Å². The van der Waals surface area contributed by atoms with E-state index in [9.17, 15) is 4.79 Å². The second-order valence-electron chi connectivity index (χ2n) is 5.86. The monoisotopic (exact) mass is 342 g/mol. The SMILES string of the molecule is COC(=O)c1ccccc1Nc1cc(NCC2CCCO2)nc(C)n1. The van der Waals surface area contributed by atoms with E-state index < -0.39 is 5.97 Å². The number of aromatic nitrogens is 2. The van der Waals surface area contributed by atoms with Gasteiger partial charge in [-0.15, -0.1) is 0 Å². The zero-order valence-electron chi connectivity index (χ0n) is 14.4. The van der Waals surface area contributed by atoms with Crippen LogP contribution in [0.5, 0.6) is 0 Å². The van der Waals surface area contributed by atoms with Gasteiger partial charge in [-0.25, -0.2) is 14.8 Å². The molecule has 2 N–H and O–H groups in total. The molecule has 132 valence electrons. The van der Waals surface area contributed by atoms with Crippen LogP contribution < -0.4 is 10.6 Å². The van der Waals surface area contributed by atoms with Gasteiger partial charge in [0.15, 0.2) is 0 Å². The Morgan fingerprint density at radius 2 is 2.12 bits per heavy atom. The minimum absolute atomic E-state index is 0.228. The molecule has 1 aliphatic rings. The van der Waals surface area contributed by atoms with Crippen molar-refractivity contribution in [3.63, 3.8) is 0 Å². The number of hydrogen-bond donors (Lipinski definition) is 2. The number of anilines is 3. The number of rotatable bonds is 6. The Morgan fingerprint density at radius 3 is 2.88 bits per heavy atom. The summed E-state index contributed by atoms with van der Waals surface area (Å²) in [5, 5.41) is 6.47. The van der Waals surface area contributed by atoms with Gasteiger partial charge in [0, 0.05) is 19.2 Å². The molecule has 0 spiro atoms. The van der Waals surface area contributed by atoms with Gasteiger partial charge >= 0.3 is 5.97 Å². The van der Waals surface area contributed by atoms with E-state index in [0.29, 0.717) is 29.4 Å². The van der Waals surface area contributed by atoms with Crippen molar-refractivity contribution in [2.45, 2.75) is 25.9 Å². The lowest BCUT2D eigenvalue weighted by Gasteiger charge is -2.14. The van der Waals surface area contributed by atoms with E-state index in [2.05, 4.69) is 20.6 Å². The molecule has 7 heteroatoms. The summed E-state index contributed by atoms with van der Waals surface area (Å²) in [5.74, 6) is 1.57. The molecule has 0 bridgehead atoms. The molecule has 0 radical (unpaired) electrons. The predicted molar refractivity (Wildman–Crippen MR) is 95.3 cm³/mol. The van der Waals surface area contributed by atoms with E-state index in [1.165, 1.54) is 7.11 Å². The summed E-state index contributed by atoms with van der Waals surface area (Å²) in [6.07, 6.45) is 2.40. The van der Waals surface area contributed by atoms with Crippen LogP contribution in [0.2, 0.25) is 0 Å². The van der Waals surface area contributed by atoms with Crippen LogP contribution in [0.1, 0.15) is 29.0 Å². The predicted octanol–water partition coefficient (Wildman–Crippen LogP) is 2.91. The summed E-state index contributed by atoms with van der Waals surface area (Å²) < 4.78 is 10.4. The normalized spacial score (nSPS) is 16.5. The number of carbonyl (C=O) groups excluding carboxylic acids is 1. The number of hydrogen-bond acceptors (Lipinski definition) is 7. The van der Waals surface area contributed by atoms with Gasteiger partial charge in [0.1, 0.15) is 17.5 Å². The standard InChI is InChI=1S/C18H22N4O3/c1-12-20-16(19-11-13-6-5-9-25-13)10-17(21-12)22-15-8-4-3-7-14(15)18(23)24-2/h3-4,7-8,10,13H,5-6,9,11H2,1-2H3,(H2,19,20,21,22). The number of nitrogens with zero attached hydrogens (tertiary/aromatic N) is 2. The third-order valence-electron chi connectivity index (χ3n) is 3.97. The number of ether oxygens (including phenoxy) is 2. The number of methoxy groups -OCH3 is 1. The molecule has 0 aliphatic carbocycles. The van der Waals surface area contributed by atoms with Crippen molar-refractivity contribution >= 4 is 23.3 Å². The first-order chi connectivity index (χ1) is 12.2. The number of para-hydroxylation sites is 1. The maximum absolute atomic E-state index is 11.9. The van der Waals surface area contributed by atoms with Crippen molar-refractivity contribution in [2.24, 2.45) is 0 Å². The first kappa shape index (κ1) is 17.2. The summed E-state index contributed by atoms with van der Waals surface area (Å²) in [6.45, 7) is 3.37. The van der Waals surface area contributed by atoms with Crippen molar-refractivity contribution in [1.82, 2.24) is 9.97 Å². The number of nitrogens with one attached hydrogen (secondary N) is 2. The number of esters is 1. The molecule has 1 unspecified atom stereocenters. The minimum Gasteiger partial charge on any atom is -0.465 e. The van der Waals surface area contributed by atoms with E-state index in [1.807, 2.05) is 25.1 Å². The first-order valence-corrected chi connectivity index (χ1v) is 8.31. The molecule has 3 rings (SSSR count). The number of aryl methyl sites for hydroxylation is 1. The molecule has 1 atom stereocenters. The van der Waals surface area contributed by atoms with E-state index in [0.717, 1.165) is 25.3 Å². The Labute approximate surface area is 146 Å². The van der Waals surface area contributed by atoms with Gasteiger partial charge in [0.05, 0.1) is 24.5 Å². The van der Waals surface area contributed by atoms with Crippen molar-refractivity contribution in [2.75, 3.05) is 30.9 Å². The third-order valence-corrected chi connectivity index (χ3v) is 3.97. The van der Waals surface area contributed by atoms with Crippen LogP contribution in [0, 0.1) is 6.92 Å². The molecule has 1 saturated heterocycles. The molecule has 25 heavy (non-hydrogen) atoms. The fraction of sp³-hybridized carbons (Fsp3) is 0.389. The summed E-state index contributed by atoms with van der Waals surface area (Å²) in [4.78, 5) is 20.7. The van der Waals surface area contributed by atoms with Gasteiger partial charge in [0.2, 0.25) is 0 Å². The van der Waals surface area contributed by atoms with Crippen molar-refractivity contribution in [3.05, 3.63) is 41.7 Å². The topological polar surface area (TPSA) is 85.4 Å².